The van der Waals surface area contributed by atoms with Gasteiger partial charge in [0.1, 0.15) is 0 Å². The summed E-state index contributed by atoms with van der Waals surface area (Å²) < 4.78 is 12.3. The van der Waals surface area contributed by atoms with Crippen LogP contribution in [0.15, 0.2) is 60.7 Å². The molecule has 0 N–H and O–H groups in total. The molecular formula is C23H22BNO2. The van der Waals surface area contributed by atoms with Crippen molar-refractivity contribution in [1.29, 1.82) is 5.26 Å². The molecule has 1 aliphatic rings. The molecular weight excluding hydrogens is 333 g/mol. The van der Waals surface area contributed by atoms with E-state index < -0.39 is 0 Å². The Morgan fingerprint density at radius 2 is 1.41 bits per heavy atom. The molecule has 0 amide bonds. The molecule has 4 heteroatoms. The Morgan fingerprint density at radius 1 is 0.815 bits per heavy atom. The largest absolute Gasteiger partial charge is 0.494 e. The predicted molar refractivity (Wildman–Crippen MR) is 110 cm³/mol. The third-order valence-corrected chi connectivity index (χ3v) is 5.77. The number of fused-ring (bicyclic) bond motifs is 1. The molecule has 1 fully saturated rings. The molecule has 0 radical (unpaired) electrons. The predicted octanol–water partition coefficient (Wildman–Crippen LogP) is 4.68. The minimum atomic E-state index is -0.369. The van der Waals surface area contributed by atoms with E-state index in [1.165, 1.54) is 0 Å². The first-order valence-electron chi connectivity index (χ1n) is 9.20. The normalized spacial score (nSPS) is 17.8. The summed E-state index contributed by atoms with van der Waals surface area (Å²) in [5, 5.41) is 11.6. The number of hydrogen-bond donors (Lipinski definition) is 0. The number of hydrogen-bond acceptors (Lipinski definition) is 3. The van der Waals surface area contributed by atoms with E-state index in [-0.39, 0.29) is 18.3 Å². The lowest BCUT2D eigenvalue weighted by molar-refractivity contribution is 0.00578. The van der Waals surface area contributed by atoms with E-state index in [1.807, 2.05) is 42.5 Å². The summed E-state index contributed by atoms with van der Waals surface area (Å²) in [6.45, 7) is 8.23. The molecule has 1 saturated heterocycles. The van der Waals surface area contributed by atoms with Crippen molar-refractivity contribution in [3.8, 4) is 17.2 Å². The van der Waals surface area contributed by atoms with Crippen LogP contribution in [0, 0.1) is 11.3 Å². The zero-order valence-electron chi connectivity index (χ0n) is 16.1. The van der Waals surface area contributed by atoms with E-state index in [9.17, 15) is 5.26 Å². The van der Waals surface area contributed by atoms with Gasteiger partial charge in [-0.1, -0.05) is 54.6 Å². The molecule has 4 rings (SSSR count). The molecule has 0 saturated carbocycles. The zero-order valence-corrected chi connectivity index (χ0v) is 16.1. The molecule has 3 aromatic carbocycles. The van der Waals surface area contributed by atoms with Gasteiger partial charge < -0.3 is 9.31 Å². The van der Waals surface area contributed by atoms with Gasteiger partial charge in [0, 0.05) is 5.39 Å². The number of nitriles is 1. The molecule has 0 bridgehead atoms. The molecule has 0 aliphatic carbocycles. The Balaban J connectivity index is 1.73. The third-order valence-electron chi connectivity index (χ3n) is 5.77. The topological polar surface area (TPSA) is 42.2 Å². The van der Waals surface area contributed by atoms with Gasteiger partial charge in [-0.25, -0.2) is 0 Å². The highest BCUT2D eigenvalue weighted by Gasteiger charge is 2.51. The number of benzene rings is 3. The van der Waals surface area contributed by atoms with Gasteiger partial charge in [-0.05, 0) is 55.7 Å². The quantitative estimate of drug-likeness (QED) is 0.627. The summed E-state index contributed by atoms with van der Waals surface area (Å²) >= 11 is 0. The minimum Gasteiger partial charge on any atom is -0.399 e. The van der Waals surface area contributed by atoms with Gasteiger partial charge in [0.15, 0.2) is 0 Å². The minimum absolute atomic E-state index is 0.354. The lowest BCUT2D eigenvalue weighted by atomic mass is 9.78. The molecule has 3 aromatic rings. The SMILES string of the molecule is CC1(C)OB(c2ccc(-c3cccc4cccc(C#N)c34)cc2)OC1(C)C. The van der Waals surface area contributed by atoms with Crippen LogP contribution in [0.4, 0.5) is 0 Å². The van der Waals surface area contributed by atoms with Crippen molar-refractivity contribution in [3.05, 3.63) is 66.2 Å². The Hall–Kier alpha value is -2.61. The van der Waals surface area contributed by atoms with Crippen LogP contribution in [0.1, 0.15) is 33.3 Å². The second-order valence-corrected chi connectivity index (χ2v) is 8.03. The van der Waals surface area contributed by atoms with Gasteiger partial charge in [0.05, 0.1) is 22.8 Å². The van der Waals surface area contributed by atoms with Gasteiger partial charge in [-0.2, -0.15) is 5.26 Å². The van der Waals surface area contributed by atoms with Crippen molar-refractivity contribution in [2.45, 2.75) is 38.9 Å². The zero-order chi connectivity index (χ0) is 19.2. The monoisotopic (exact) mass is 355 g/mol. The van der Waals surface area contributed by atoms with Crippen LogP contribution in [-0.2, 0) is 9.31 Å². The van der Waals surface area contributed by atoms with E-state index >= 15 is 0 Å². The highest BCUT2D eigenvalue weighted by atomic mass is 16.7. The van der Waals surface area contributed by atoms with E-state index in [2.05, 4.69) is 52.0 Å². The van der Waals surface area contributed by atoms with Crippen LogP contribution in [0.5, 0.6) is 0 Å². The van der Waals surface area contributed by atoms with Crippen LogP contribution in [0.3, 0.4) is 0 Å². The van der Waals surface area contributed by atoms with Crippen molar-refractivity contribution >= 4 is 23.4 Å². The van der Waals surface area contributed by atoms with Gasteiger partial charge in [0.25, 0.3) is 0 Å². The molecule has 1 aliphatic heterocycles. The fraction of sp³-hybridized carbons (Fsp3) is 0.261. The molecule has 0 atom stereocenters. The summed E-state index contributed by atoms with van der Waals surface area (Å²) in [4.78, 5) is 0. The van der Waals surface area contributed by atoms with Crippen molar-refractivity contribution in [2.75, 3.05) is 0 Å². The van der Waals surface area contributed by atoms with Crippen molar-refractivity contribution in [3.63, 3.8) is 0 Å². The van der Waals surface area contributed by atoms with Crippen molar-refractivity contribution in [1.82, 2.24) is 0 Å². The first-order chi connectivity index (χ1) is 12.8. The van der Waals surface area contributed by atoms with Gasteiger partial charge in [-0.3, -0.25) is 0 Å². The first kappa shape index (κ1) is 17.8. The number of nitrogens with zero attached hydrogens (tertiary/aromatic N) is 1. The second-order valence-electron chi connectivity index (χ2n) is 8.03. The smallest absolute Gasteiger partial charge is 0.399 e. The standard InChI is InChI=1S/C23H22BNO2/c1-22(2)23(3,4)27-24(26-22)19-13-11-16(12-14-19)20-10-6-8-17-7-5-9-18(15-25)21(17)20/h5-14H,1-4H3. The summed E-state index contributed by atoms with van der Waals surface area (Å²) in [6.07, 6.45) is 0. The van der Waals surface area contributed by atoms with Crippen LogP contribution < -0.4 is 5.46 Å². The lowest BCUT2D eigenvalue weighted by Crippen LogP contribution is -2.41. The Kier molecular flexibility index (Phi) is 4.11. The Bertz CT molecular complexity index is 1030. The average molecular weight is 355 g/mol. The summed E-state index contributed by atoms with van der Waals surface area (Å²) in [5.41, 5.74) is 3.12. The maximum atomic E-state index is 9.51. The number of rotatable bonds is 2. The molecule has 0 spiro atoms. The van der Waals surface area contributed by atoms with Gasteiger partial charge in [0.2, 0.25) is 0 Å². The maximum Gasteiger partial charge on any atom is 0.494 e. The van der Waals surface area contributed by atoms with E-state index in [0.29, 0.717) is 5.56 Å². The Morgan fingerprint density at radius 3 is 2.00 bits per heavy atom. The van der Waals surface area contributed by atoms with Crippen molar-refractivity contribution in [2.24, 2.45) is 0 Å². The highest BCUT2D eigenvalue weighted by Crippen LogP contribution is 2.37. The molecule has 27 heavy (non-hydrogen) atoms. The molecule has 134 valence electrons. The van der Waals surface area contributed by atoms with Gasteiger partial charge >= 0.3 is 7.12 Å². The van der Waals surface area contributed by atoms with E-state index in [1.54, 1.807) is 0 Å². The summed E-state index contributed by atoms with van der Waals surface area (Å²) in [5.74, 6) is 0. The van der Waals surface area contributed by atoms with Crippen LogP contribution >= 0.6 is 0 Å². The lowest BCUT2D eigenvalue weighted by Gasteiger charge is -2.32. The average Bonchev–Trinajstić information content (AvgIpc) is 2.88. The van der Waals surface area contributed by atoms with Gasteiger partial charge in [-0.15, -0.1) is 0 Å². The molecule has 1 heterocycles. The highest BCUT2D eigenvalue weighted by molar-refractivity contribution is 6.62. The molecule has 0 aromatic heterocycles. The van der Waals surface area contributed by atoms with Crippen LogP contribution in [-0.4, -0.2) is 18.3 Å². The first-order valence-corrected chi connectivity index (χ1v) is 9.20. The fourth-order valence-corrected chi connectivity index (χ4v) is 3.47. The fourth-order valence-electron chi connectivity index (χ4n) is 3.47. The summed E-state index contributed by atoms with van der Waals surface area (Å²) in [7, 11) is -0.369. The Labute approximate surface area is 160 Å². The molecule has 3 nitrogen and oxygen atoms in total. The maximum absolute atomic E-state index is 9.51. The molecule has 0 unspecified atom stereocenters. The van der Waals surface area contributed by atoms with E-state index in [4.69, 9.17) is 9.31 Å². The van der Waals surface area contributed by atoms with Crippen LogP contribution in [0.25, 0.3) is 21.9 Å². The summed E-state index contributed by atoms with van der Waals surface area (Å²) in [6, 6.07) is 22.5. The second kappa shape index (κ2) is 6.23. The third kappa shape index (κ3) is 2.94. The van der Waals surface area contributed by atoms with Crippen molar-refractivity contribution < 1.29 is 9.31 Å². The van der Waals surface area contributed by atoms with E-state index in [0.717, 1.165) is 27.4 Å². The van der Waals surface area contributed by atoms with Crippen LogP contribution in [0.2, 0.25) is 0 Å².